The zero-order chi connectivity index (χ0) is 13.1. The lowest BCUT2D eigenvalue weighted by atomic mass is 9.91. The number of phenolic OH excluding ortho intramolecular Hbond substituents is 1. The Morgan fingerprint density at radius 1 is 1.11 bits per heavy atom. The van der Waals surface area contributed by atoms with Gasteiger partial charge in [0, 0.05) is 19.0 Å². The molecule has 0 saturated carbocycles. The van der Waals surface area contributed by atoms with E-state index in [0.717, 1.165) is 13.1 Å². The van der Waals surface area contributed by atoms with Gasteiger partial charge in [-0.05, 0) is 23.3 Å². The van der Waals surface area contributed by atoms with E-state index < -0.39 is 0 Å². The van der Waals surface area contributed by atoms with Crippen molar-refractivity contribution in [2.75, 3.05) is 13.2 Å². The van der Waals surface area contributed by atoms with Gasteiger partial charge in [0.2, 0.25) is 0 Å². The van der Waals surface area contributed by atoms with Gasteiger partial charge in [-0.2, -0.15) is 0 Å². The summed E-state index contributed by atoms with van der Waals surface area (Å²) in [6.45, 7) is 2.40. The second kappa shape index (κ2) is 5.33. The molecule has 1 aliphatic rings. The number of para-hydroxylation sites is 2. The van der Waals surface area contributed by atoms with Crippen LogP contribution in [-0.4, -0.2) is 18.3 Å². The summed E-state index contributed by atoms with van der Waals surface area (Å²) in [5.74, 6) is 1.06. The number of ether oxygens (including phenoxy) is 1. The smallest absolute Gasteiger partial charge is 0.160 e. The van der Waals surface area contributed by atoms with Crippen LogP contribution in [0.2, 0.25) is 0 Å². The molecule has 0 saturated heterocycles. The highest BCUT2D eigenvalue weighted by Gasteiger charge is 2.20. The van der Waals surface area contributed by atoms with Crippen LogP contribution in [0.5, 0.6) is 11.5 Å². The molecule has 0 aliphatic carbocycles. The molecule has 2 aromatic rings. The molecule has 1 unspecified atom stereocenters. The van der Waals surface area contributed by atoms with Crippen molar-refractivity contribution in [2.24, 2.45) is 0 Å². The van der Waals surface area contributed by atoms with Gasteiger partial charge in [0.25, 0.3) is 0 Å². The summed E-state index contributed by atoms with van der Waals surface area (Å²) in [6, 6.07) is 15.5. The average molecular weight is 255 g/mol. The van der Waals surface area contributed by atoms with Gasteiger partial charge in [0.05, 0.1) is 6.61 Å². The normalized spacial score (nSPS) is 17.8. The number of hydrogen-bond donors (Lipinski definition) is 2. The van der Waals surface area contributed by atoms with Crippen molar-refractivity contribution in [3.8, 4) is 11.5 Å². The Morgan fingerprint density at radius 2 is 1.89 bits per heavy atom. The standard InChI is InChI=1S/C16H17NO2/c18-15-7-3-4-8-16(15)19-11-13-10-17-9-12-5-1-2-6-14(12)13/h1-8,13,17-18H,9-11H2. The molecule has 0 amide bonds. The molecule has 2 aromatic carbocycles. The lowest BCUT2D eigenvalue weighted by molar-refractivity contribution is 0.266. The zero-order valence-corrected chi connectivity index (χ0v) is 10.7. The molecular weight excluding hydrogens is 238 g/mol. The summed E-state index contributed by atoms with van der Waals surface area (Å²) in [5, 5.41) is 13.1. The van der Waals surface area contributed by atoms with Crippen LogP contribution in [0.25, 0.3) is 0 Å². The highest BCUT2D eigenvalue weighted by atomic mass is 16.5. The highest BCUT2D eigenvalue weighted by molar-refractivity contribution is 5.38. The van der Waals surface area contributed by atoms with E-state index in [0.29, 0.717) is 18.3 Å². The Labute approximate surface area is 112 Å². The van der Waals surface area contributed by atoms with Gasteiger partial charge in [-0.15, -0.1) is 0 Å². The van der Waals surface area contributed by atoms with Crippen LogP contribution in [-0.2, 0) is 6.54 Å². The molecule has 0 spiro atoms. The van der Waals surface area contributed by atoms with Gasteiger partial charge in [-0.1, -0.05) is 36.4 Å². The van der Waals surface area contributed by atoms with Crippen LogP contribution in [0.4, 0.5) is 0 Å². The van der Waals surface area contributed by atoms with Crippen LogP contribution in [0.3, 0.4) is 0 Å². The summed E-state index contributed by atoms with van der Waals surface area (Å²) in [7, 11) is 0. The maximum atomic E-state index is 9.69. The molecular formula is C16H17NO2. The van der Waals surface area contributed by atoms with E-state index in [1.54, 1.807) is 18.2 Å². The van der Waals surface area contributed by atoms with Gasteiger partial charge in [-0.3, -0.25) is 0 Å². The minimum Gasteiger partial charge on any atom is -0.504 e. The molecule has 0 bridgehead atoms. The quantitative estimate of drug-likeness (QED) is 0.886. The molecule has 1 heterocycles. The molecule has 2 N–H and O–H groups in total. The lowest BCUT2D eigenvalue weighted by Gasteiger charge is -2.26. The van der Waals surface area contributed by atoms with E-state index in [1.807, 2.05) is 6.07 Å². The minimum atomic E-state index is 0.194. The van der Waals surface area contributed by atoms with E-state index in [-0.39, 0.29) is 5.75 Å². The maximum absolute atomic E-state index is 9.69. The largest absolute Gasteiger partial charge is 0.504 e. The molecule has 19 heavy (non-hydrogen) atoms. The predicted octanol–water partition coefficient (Wildman–Crippen LogP) is 2.66. The number of fused-ring (bicyclic) bond motifs is 1. The van der Waals surface area contributed by atoms with E-state index >= 15 is 0 Å². The van der Waals surface area contributed by atoms with Crippen LogP contribution in [0.15, 0.2) is 48.5 Å². The van der Waals surface area contributed by atoms with Crippen molar-refractivity contribution < 1.29 is 9.84 Å². The fourth-order valence-corrected chi connectivity index (χ4v) is 2.50. The molecule has 3 rings (SSSR count). The van der Waals surface area contributed by atoms with Gasteiger partial charge in [0.1, 0.15) is 0 Å². The van der Waals surface area contributed by atoms with Crippen LogP contribution < -0.4 is 10.1 Å². The van der Waals surface area contributed by atoms with Crippen LogP contribution >= 0.6 is 0 Å². The first-order valence-corrected chi connectivity index (χ1v) is 6.54. The number of hydrogen-bond acceptors (Lipinski definition) is 3. The van der Waals surface area contributed by atoms with E-state index in [1.165, 1.54) is 11.1 Å². The highest BCUT2D eigenvalue weighted by Crippen LogP contribution is 2.28. The maximum Gasteiger partial charge on any atom is 0.160 e. The third kappa shape index (κ3) is 2.56. The number of nitrogens with one attached hydrogen (secondary N) is 1. The molecule has 98 valence electrons. The summed E-state index contributed by atoms with van der Waals surface area (Å²) >= 11 is 0. The Morgan fingerprint density at radius 3 is 2.79 bits per heavy atom. The third-order valence-corrected chi connectivity index (χ3v) is 3.51. The molecule has 0 fully saturated rings. The first kappa shape index (κ1) is 12.1. The van der Waals surface area contributed by atoms with Gasteiger partial charge in [-0.25, -0.2) is 0 Å². The van der Waals surface area contributed by atoms with Crippen molar-refractivity contribution in [3.05, 3.63) is 59.7 Å². The predicted molar refractivity (Wildman–Crippen MR) is 74.5 cm³/mol. The third-order valence-electron chi connectivity index (χ3n) is 3.51. The summed E-state index contributed by atoms with van der Waals surface area (Å²) in [4.78, 5) is 0. The van der Waals surface area contributed by atoms with E-state index in [9.17, 15) is 5.11 Å². The van der Waals surface area contributed by atoms with E-state index in [2.05, 4.69) is 29.6 Å². The average Bonchev–Trinajstić information content (AvgIpc) is 2.46. The summed E-state index contributed by atoms with van der Waals surface area (Å²) < 4.78 is 5.74. The first-order chi connectivity index (χ1) is 9.34. The number of rotatable bonds is 3. The minimum absolute atomic E-state index is 0.194. The molecule has 0 radical (unpaired) electrons. The van der Waals surface area contributed by atoms with Crippen molar-refractivity contribution in [3.63, 3.8) is 0 Å². The Bertz CT molecular complexity index is 568. The molecule has 1 aliphatic heterocycles. The van der Waals surface area contributed by atoms with Gasteiger partial charge < -0.3 is 15.2 Å². The second-order valence-electron chi connectivity index (χ2n) is 4.81. The lowest BCUT2D eigenvalue weighted by Crippen LogP contribution is -2.31. The Balaban J connectivity index is 1.73. The monoisotopic (exact) mass is 255 g/mol. The van der Waals surface area contributed by atoms with Crippen molar-refractivity contribution >= 4 is 0 Å². The van der Waals surface area contributed by atoms with Crippen molar-refractivity contribution in [1.82, 2.24) is 5.32 Å². The number of benzene rings is 2. The molecule has 0 aromatic heterocycles. The topological polar surface area (TPSA) is 41.5 Å². The van der Waals surface area contributed by atoms with Gasteiger partial charge in [0.15, 0.2) is 11.5 Å². The number of phenols is 1. The fourth-order valence-electron chi connectivity index (χ4n) is 2.50. The number of aromatic hydroxyl groups is 1. The van der Waals surface area contributed by atoms with Crippen LogP contribution in [0.1, 0.15) is 17.0 Å². The SMILES string of the molecule is Oc1ccccc1OCC1CNCc2ccccc21. The summed E-state index contributed by atoms with van der Waals surface area (Å²) in [6.07, 6.45) is 0. The molecule has 3 nitrogen and oxygen atoms in total. The second-order valence-corrected chi connectivity index (χ2v) is 4.81. The zero-order valence-electron chi connectivity index (χ0n) is 10.7. The fraction of sp³-hybridized carbons (Fsp3) is 0.250. The summed E-state index contributed by atoms with van der Waals surface area (Å²) in [5.41, 5.74) is 2.68. The Kier molecular flexibility index (Phi) is 3.38. The van der Waals surface area contributed by atoms with Crippen LogP contribution in [0, 0.1) is 0 Å². The first-order valence-electron chi connectivity index (χ1n) is 6.54. The van der Waals surface area contributed by atoms with Crippen molar-refractivity contribution in [1.29, 1.82) is 0 Å². The van der Waals surface area contributed by atoms with Crippen molar-refractivity contribution in [2.45, 2.75) is 12.5 Å². The molecule has 1 atom stereocenters. The van der Waals surface area contributed by atoms with Gasteiger partial charge >= 0.3 is 0 Å². The Hall–Kier alpha value is -2.00. The molecule has 3 heteroatoms. The van der Waals surface area contributed by atoms with E-state index in [4.69, 9.17) is 4.74 Å².